The molecule has 2 N–H and O–H groups in total. The SMILES string of the molecule is C=CCNC(=NC)NCC1(Cc2ccccc2)CC1. The quantitative estimate of drug-likeness (QED) is 0.466. The average molecular weight is 257 g/mol. The number of rotatable bonds is 6. The molecule has 1 aliphatic carbocycles. The summed E-state index contributed by atoms with van der Waals surface area (Å²) in [6.45, 7) is 5.42. The molecule has 0 aromatic heterocycles. The lowest BCUT2D eigenvalue weighted by molar-refractivity contribution is 0.493. The lowest BCUT2D eigenvalue weighted by Crippen LogP contribution is -2.40. The predicted molar refractivity (Wildman–Crippen MR) is 81.4 cm³/mol. The Hall–Kier alpha value is -1.77. The smallest absolute Gasteiger partial charge is 0.191 e. The number of guanidine groups is 1. The topological polar surface area (TPSA) is 36.4 Å². The summed E-state index contributed by atoms with van der Waals surface area (Å²) >= 11 is 0. The van der Waals surface area contributed by atoms with Crippen LogP contribution in [0.25, 0.3) is 0 Å². The van der Waals surface area contributed by atoms with Gasteiger partial charge in [-0.1, -0.05) is 36.4 Å². The molecule has 1 aliphatic rings. The fourth-order valence-electron chi connectivity index (χ4n) is 2.28. The molecule has 19 heavy (non-hydrogen) atoms. The number of aliphatic imine (C=N–C) groups is 1. The Morgan fingerprint density at radius 2 is 2.05 bits per heavy atom. The van der Waals surface area contributed by atoms with E-state index in [0.717, 1.165) is 25.5 Å². The molecule has 0 heterocycles. The molecule has 0 atom stereocenters. The van der Waals surface area contributed by atoms with Crippen molar-refractivity contribution in [2.75, 3.05) is 20.1 Å². The average Bonchev–Trinajstić information content (AvgIpc) is 3.20. The van der Waals surface area contributed by atoms with Gasteiger partial charge in [0.1, 0.15) is 0 Å². The summed E-state index contributed by atoms with van der Waals surface area (Å²) in [5.74, 6) is 0.860. The number of hydrogen-bond donors (Lipinski definition) is 2. The normalized spacial score (nSPS) is 16.8. The van der Waals surface area contributed by atoms with E-state index in [1.807, 2.05) is 6.08 Å². The molecule has 0 aliphatic heterocycles. The molecule has 102 valence electrons. The molecule has 3 nitrogen and oxygen atoms in total. The van der Waals surface area contributed by atoms with Crippen molar-refractivity contribution in [1.82, 2.24) is 10.6 Å². The first-order valence-corrected chi connectivity index (χ1v) is 6.87. The van der Waals surface area contributed by atoms with Gasteiger partial charge in [-0.05, 0) is 30.2 Å². The fraction of sp³-hybridized carbons (Fsp3) is 0.438. The third kappa shape index (κ3) is 4.12. The minimum Gasteiger partial charge on any atom is -0.356 e. The van der Waals surface area contributed by atoms with Crippen LogP contribution in [-0.4, -0.2) is 26.1 Å². The van der Waals surface area contributed by atoms with E-state index >= 15 is 0 Å². The van der Waals surface area contributed by atoms with E-state index in [2.05, 4.69) is 52.5 Å². The van der Waals surface area contributed by atoms with Crippen molar-refractivity contribution < 1.29 is 0 Å². The monoisotopic (exact) mass is 257 g/mol. The fourth-order valence-corrected chi connectivity index (χ4v) is 2.28. The molecule has 1 aromatic carbocycles. The van der Waals surface area contributed by atoms with E-state index in [1.54, 1.807) is 7.05 Å². The van der Waals surface area contributed by atoms with Crippen molar-refractivity contribution in [3.63, 3.8) is 0 Å². The Morgan fingerprint density at radius 3 is 2.63 bits per heavy atom. The molecule has 1 fully saturated rings. The summed E-state index contributed by atoms with van der Waals surface area (Å²) < 4.78 is 0. The van der Waals surface area contributed by atoms with Gasteiger partial charge in [0.05, 0.1) is 0 Å². The van der Waals surface area contributed by atoms with E-state index in [-0.39, 0.29) is 0 Å². The summed E-state index contributed by atoms with van der Waals surface area (Å²) in [7, 11) is 1.80. The van der Waals surface area contributed by atoms with Crippen LogP contribution in [0.1, 0.15) is 18.4 Å². The van der Waals surface area contributed by atoms with Gasteiger partial charge in [-0.2, -0.15) is 0 Å². The minimum absolute atomic E-state index is 0.424. The summed E-state index contributed by atoms with van der Waals surface area (Å²) in [6.07, 6.45) is 5.59. The Labute approximate surface area is 115 Å². The third-order valence-electron chi connectivity index (χ3n) is 3.65. The van der Waals surface area contributed by atoms with Gasteiger partial charge in [-0.3, -0.25) is 4.99 Å². The van der Waals surface area contributed by atoms with Gasteiger partial charge < -0.3 is 10.6 Å². The van der Waals surface area contributed by atoms with E-state index in [0.29, 0.717) is 5.41 Å². The number of nitrogens with one attached hydrogen (secondary N) is 2. The van der Waals surface area contributed by atoms with Crippen molar-refractivity contribution in [3.05, 3.63) is 48.6 Å². The van der Waals surface area contributed by atoms with Crippen molar-refractivity contribution in [3.8, 4) is 0 Å². The van der Waals surface area contributed by atoms with Crippen LogP contribution in [-0.2, 0) is 6.42 Å². The maximum atomic E-state index is 4.21. The molecule has 0 saturated heterocycles. The zero-order valence-electron chi connectivity index (χ0n) is 11.7. The highest BCUT2D eigenvalue weighted by Gasteiger charge is 2.42. The standard InChI is InChI=1S/C16H23N3/c1-3-11-18-15(17-2)19-13-16(9-10-16)12-14-7-5-4-6-8-14/h3-8H,1,9-13H2,2H3,(H2,17,18,19). The third-order valence-corrected chi connectivity index (χ3v) is 3.65. The van der Waals surface area contributed by atoms with Gasteiger partial charge >= 0.3 is 0 Å². The molecule has 0 spiro atoms. The van der Waals surface area contributed by atoms with Crippen molar-refractivity contribution in [2.24, 2.45) is 10.4 Å². The van der Waals surface area contributed by atoms with Gasteiger partial charge in [0.2, 0.25) is 0 Å². The highest BCUT2D eigenvalue weighted by Crippen LogP contribution is 2.47. The van der Waals surface area contributed by atoms with E-state index in [1.165, 1.54) is 18.4 Å². The van der Waals surface area contributed by atoms with Crippen LogP contribution in [0.5, 0.6) is 0 Å². The molecule has 1 aromatic rings. The Morgan fingerprint density at radius 1 is 1.32 bits per heavy atom. The summed E-state index contributed by atoms with van der Waals surface area (Å²) in [5.41, 5.74) is 1.85. The minimum atomic E-state index is 0.424. The van der Waals surface area contributed by atoms with Crippen LogP contribution < -0.4 is 10.6 Å². The van der Waals surface area contributed by atoms with Crippen molar-refractivity contribution in [1.29, 1.82) is 0 Å². The molecule has 1 saturated carbocycles. The number of benzene rings is 1. The highest BCUT2D eigenvalue weighted by atomic mass is 15.2. The second-order valence-electron chi connectivity index (χ2n) is 5.26. The number of nitrogens with zero attached hydrogens (tertiary/aromatic N) is 1. The Kier molecular flexibility index (Phi) is 4.61. The second kappa shape index (κ2) is 6.41. The van der Waals surface area contributed by atoms with Gasteiger partial charge in [-0.15, -0.1) is 6.58 Å². The number of hydrogen-bond acceptors (Lipinski definition) is 1. The Balaban J connectivity index is 1.83. The van der Waals surface area contributed by atoms with Crippen LogP contribution in [0, 0.1) is 5.41 Å². The van der Waals surface area contributed by atoms with Crippen LogP contribution >= 0.6 is 0 Å². The molecule has 0 unspecified atom stereocenters. The molecule has 0 radical (unpaired) electrons. The first-order valence-electron chi connectivity index (χ1n) is 6.87. The lowest BCUT2D eigenvalue weighted by Gasteiger charge is -2.18. The summed E-state index contributed by atoms with van der Waals surface area (Å²) in [5, 5.41) is 6.62. The van der Waals surface area contributed by atoms with Crippen LogP contribution in [0.3, 0.4) is 0 Å². The first kappa shape index (κ1) is 13.7. The predicted octanol–water partition coefficient (Wildman–Crippen LogP) is 2.36. The van der Waals surface area contributed by atoms with Crippen molar-refractivity contribution >= 4 is 5.96 Å². The van der Waals surface area contributed by atoms with Gasteiger partial charge in [0.25, 0.3) is 0 Å². The molecule has 3 heteroatoms. The maximum absolute atomic E-state index is 4.21. The molecule has 0 bridgehead atoms. The zero-order valence-corrected chi connectivity index (χ0v) is 11.7. The lowest BCUT2D eigenvalue weighted by atomic mass is 9.96. The molecule has 2 rings (SSSR count). The van der Waals surface area contributed by atoms with Crippen LogP contribution in [0.2, 0.25) is 0 Å². The van der Waals surface area contributed by atoms with Gasteiger partial charge in [0, 0.05) is 20.1 Å². The van der Waals surface area contributed by atoms with Crippen LogP contribution in [0.15, 0.2) is 48.0 Å². The van der Waals surface area contributed by atoms with E-state index in [4.69, 9.17) is 0 Å². The highest BCUT2D eigenvalue weighted by molar-refractivity contribution is 5.79. The summed E-state index contributed by atoms with van der Waals surface area (Å²) in [6, 6.07) is 10.7. The molecular weight excluding hydrogens is 234 g/mol. The molecule has 0 amide bonds. The first-order chi connectivity index (χ1) is 9.28. The van der Waals surface area contributed by atoms with Crippen molar-refractivity contribution in [2.45, 2.75) is 19.3 Å². The van der Waals surface area contributed by atoms with E-state index < -0.39 is 0 Å². The van der Waals surface area contributed by atoms with Gasteiger partial charge in [0.15, 0.2) is 5.96 Å². The van der Waals surface area contributed by atoms with E-state index in [9.17, 15) is 0 Å². The second-order valence-corrected chi connectivity index (χ2v) is 5.26. The maximum Gasteiger partial charge on any atom is 0.191 e. The largest absolute Gasteiger partial charge is 0.356 e. The Bertz CT molecular complexity index is 433. The summed E-state index contributed by atoms with van der Waals surface area (Å²) in [4.78, 5) is 4.21. The van der Waals surface area contributed by atoms with Crippen LogP contribution in [0.4, 0.5) is 0 Å². The molecular formula is C16H23N3. The van der Waals surface area contributed by atoms with Gasteiger partial charge in [-0.25, -0.2) is 0 Å². The zero-order chi connectivity index (χ0) is 13.6.